The summed E-state index contributed by atoms with van der Waals surface area (Å²) in [4.78, 5) is 10.3. The van der Waals surface area contributed by atoms with Crippen LogP contribution in [0.3, 0.4) is 0 Å². The van der Waals surface area contributed by atoms with E-state index in [4.69, 9.17) is 14.4 Å². The number of hydrogen-bond acceptors (Lipinski definition) is 3. The Morgan fingerprint density at radius 2 is 0.887 bits per heavy atom. The monoisotopic (exact) mass is 678 g/mol. The maximum absolute atomic E-state index is 5.98. The van der Waals surface area contributed by atoms with Crippen molar-refractivity contribution < 1.29 is 4.42 Å². The number of fused-ring (bicyclic) bond motifs is 7. The van der Waals surface area contributed by atoms with Crippen LogP contribution in [-0.4, -0.2) is 19.1 Å². The van der Waals surface area contributed by atoms with Crippen molar-refractivity contribution in [3.63, 3.8) is 0 Å². The van der Waals surface area contributed by atoms with E-state index in [1.807, 2.05) is 12.1 Å². The van der Waals surface area contributed by atoms with Gasteiger partial charge in [-0.05, 0) is 70.8 Å². The van der Waals surface area contributed by atoms with Crippen LogP contribution >= 0.6 is 0 Å². The Balaban J connectivity index is 1.06. The summed E-state index contributed by atoms with van der Waals surface area (Å²) < 4.78 is 10.5. The van der Waals surface area contributed by atoms with Crippen molar-refractivity contribution in [2.75, 3.05) is 0 Å². The lowest BCUT2D eigenvalue weighted by Crippen LogP contribution is -2.02. The molecule has 5 heteroatoms. The first kappa shape index (κ1) is 29.5. The topological polar surface area (TPSA) is 48.8 Å². The Hall–Kier alpha value is -7.24. The van der Waals surface area contributed by atoms with Gasteiger partial charge in [-0.2, -0.15) is 0 Å². The summed E-state index contributed by atoms with van der Waals surface area (Å²) in [6.07, 6.45) is 1.69. The number of para-hydroxylation sites is 3. The van der Waals surface area contributed by atoms with Crippen LogP contribution in [-0.2, 0) is 0 Å². The highest BCUT2D eigenvalue weighted by atomic mass is 16.3. The Morgan fingerprint density at radius 3 is 1.57 bits per heavy atom. The second kappa shape index (κ2) is 11.7. The van der Waals surface area contributed by atoms with Gasteiger partial charge in [0.1, 0.15) is 11.2 Å². The zero-order valence-corrected chi connectivity index (χ0v) is 28.5. The van der Waals surface area contributed by atoms with Crippen molar-refractivity contribution in [3.05, 3.63) is 182 Å². The van der Waals surface area contributed by atoms with Gasteiger partial charge in [-0.1, -0.05) is 121 Å². The minimum absolute atomic E-state index is 0.607. The maximum Gasteiger partial charge on any atom is 0.236 e. The Labute approximate surface area is 304 Å². The van der Waals surface area contributed by atoms with E-state index in [0.717, 1.165) is 55.4 Å². The van der Waals surface area contributed by atoms with E-state index in [1.54, 1.807) is 6.26 Å². The zero-order valence-electron chi connectivity index (χ0n) is 28.5. The fourth-order valence-corrected chi connectivity index (χ4v) is 7.97. The molecule has 0 atom stereocenters. The van der Waals surface area contributed by atoms with E-state index in [1.165, 1.54) is 32.9 Å². The molecule has 4 heterocycles. The predicted octanol–water partition coefficient (Wildman–Crippen LogP) is 12.4. The highest BCUT2D eigenvalue weighted by Gasteiger charge is 2.20. The van der Waals surface area contributed by atoms with Crippen molar-refractivity contribution in [2.45, 2.75) is 0 Å². The molecule has 248 valence electrons. The summed E-state index contributed by atoms with van der Waals surface area (Å²) in [5.41, 5.74) is 13.5. The van der Waals surface area contributed by atoms with E-state index >= 15 is 0 Å². The van der Waals surface area contributed by atoms with Crippen molar-refractivity contribution in [1.82, 2.24) is 19.1 Å². The highest BCUT2D eigenvalue weighted by molar-refractivity contribution is 6.12. The molecule has 53 heavy (non-hydrogen) atoms. The van der Waals surface area contributed by atoms with E-state index in [0.29, 0.717) is 11.5 Å². The van der Waals surface area contributed by atoms with E-state index in [9.17, 15) is 0 Å². The van der Waals surface area contributed by atoms with Gasteiger partial charge in [0.15, 0.2) is 5.58 Å². The summed E-state index contributed by atoms with van der Waals surface area (Å²) in [5, 5.41) is 4.77. The third-order valence-corrected chi connectivity index (χ3v) is 10.5. The van der Waals surface area contributed by atoms with Gasteiger partial charge in [-0.3, -0.25) is 4.57 Å². The normalized spacial score (nSPS) is 11.8. The third kappa shape index (κ3) is 4.64. The van der Waals surface area contributed by atoms with Crippen LogP contribution in [0.25, 0.3) is 99.9 Å². The Bertz CT molecular complexity index is 3150. The van der Waals surface area contributed by atoms with Crippen LogP contribution in [0.15, 0.2) is 187 Å². The molecule has 0 unspecified atom stereocenters. The molecule has 7 aromatic carbocycles. The molecule has 4 aromatic heterocycles. The average molecular weight is 679 g/mol. The molecule has 0 N–H and O–H groups in total. The lowest BCUT2D eigenvalue weighted by atomic mass is 10.0. The molecular formula is C48H30N4O. The van der Waals surface area contributed by atoms with Gasteiger partial charge in [0.05, 0.1) is 28.3 Å². The molecule has 0 saturated heterocycles. The van der Waals surface area contributed by atoms with Gasteiger partial charge in [-0.15, -0.1) is 0 Å². The molecule has 11 aromatic rings. The number of rotatable bonds is 5. The molecule has 0 radical (unpaired) electrons. The second-order valence-electron chi connectivity index (χ2n) is 13.5. The van der Waals surface area contributed by atoms with Crippen molar-refractivity contribution >= 4 is 54.7 Å². The van der Waals surface area contributed by atoms with Gasteiger partial charge in [-0.25, -0.2) is 9.97 Å². The molecule has 0 saturated carbocycles. The van der Waals surface area contributed by atoms with Crippen LogP contribution in [0.5, 0.6) is 0 Å². The number of furan rings is 1. The van der Waals surface area contributed by atoms with Crippen LogP contribution in [0.1, 0.15) is 0 Å². The van der Waals surface area contributed by atoms with E-state index < -0.39 is 0 Å². The van der Waals surface area contributed by atoms with Crippen molar-refractivity contribution in [2.24, 2.45) is 0 Å². The average Bonchev–Trinajstić information content (AvgIpc) is 3.93. The molecule has 0 aliphatic rings. The summed E-state index contributed by atoms with van der Waals surface area (Å²) in [5.74, 6) is 0.607. The first-order valence-electron chi connectivity index (χ1n) is 17.8. The molecule has 0 aliphatic heterocycles. The van der Waals surface area contributed by atoms with Crippen molar-refractivity contribution in [1.29, 1.82) is 0 Å². The van der Waals surface area contributed by atoms with Crippen LogP contribution in [0.4, 0.5) is 0 Å². The SMILES string of the molecule is c1ccc(-c2ccc(-c3nc(-n4c5ccccc5c5cc(-c6ccc7c(c6)c6ccccc6n7-c6ccccc6)ccc54)nc4ccoc34)cc2)cc1. The van der Waals surface area contributed by atoms with Gasteiger partial charge in [0.2, 0.25) is 5.95 Å². The molecule has 0 spiro atoms. The van der Waals surface area contributed by atoms with Crippen LogP contribution in [0, 0.1) is 0 Å². The standard InChI is InChI=1S/C48H30N4O/c1-3-11-31(12-4-1)32-19-21-33(22-20-32)46-47-41(27-28-53-47)49-48(50-46)52-43-18-10-8-16-38(43)40-30-35(24-26-45(40)52)34-23-25-44-39(29-34)37-15-7-9-17-42(37)51(44)36-13-5-2-6-14-36/h1-30H. The van der Waals surface area contributed by atoms with E-state index in [-0.39, 0.29) is 0 Å². The van der Waals surface area contributed by atoms with Gasteiger partial charge in [0, 0.05) is 38.9 Å². The minimum atomic E-state index is 0.607. The molecule has 0 amide bonds. The van der Waals surface area contributed by atoms with Gasteiger partial charge < -0.3 is 8.98 Å². The summed E-state index contributed by atoms with van der Waals surface area (Å²) in [7, 11) is 0. The summed E-state index contributed by atoms with van der Waals surface area (Å²) in [6, 6.07) is 62.2. The minimum Gasteiger partial charge on any atom is -0.460 e. The van der Waals surface area contributed by atoms with Gasteiger partial charge in [0.25, 0.3) is 0 Å². The third-order valence-electron chi connectivity index (χ3n) is 10.5. The first-order chi connectivity index (χ1) is 26.3. The first-order valence-corrected chi connectivity index (χ1v) is 17.8. The van der Waals surface area contributed by atoms with Crippen molar-refractivity contribution in [3.8, 4) is 45.1 Å². The van der Waals surface area contributed by atoms with Crippen LogP contribution in [0.2, 0.25) is 0 Å². The molecule has 0 bridgehead atoms. The highest BCUT2D eigenvalue weighted by Crippen LogP contribution is 2.39. The lowest BCUT2D eigenvalue weighted by Gasteiger charge is -2.10. The zero-order chi connectivity index (χ0) is 34.9. The Kier molecular flexibility index (Phi) is 6.48. The molecule has 0 aliphatic carbocycles. The number of nitrogens with zero attached hydrogens (tertiary/aromatic N) is 4. The number of benzene rings is 7. The summed E-state index contributed by atoms with van der Waals surface area (Å²) >= 11 is 0. The summed E-state index contributed by atoms with van der Waals surface area (Å²) in [6.45, 7) is 0. The van der Waals surface area contributed by atoms with Gasteiger partial charge >= 0.3 is 0 Å². The fourth-order valence-electron chi connectivity index (χ4n) is 7.97. The lowest BCUT2D eigenvalue weighted by molar-refractivity contribution is 0.614. The maximum atomic E-state index is 5.98. The fraction of sp³-hybridized carbons (Fsp3) is 0. The quantitative estimate of drug-likeness (QED) is 0.182. The second-order valence-corrected chi connectivity index (χ2v) is 13.5. The number of hydrogen-bond donors (Lipinski definition) is 0. The largest absolute Gasteiger partial charge is 0.460 e. The molecule has 5 nitrogen and oxygen atoms in total. The number of aromatic nitrogens is 4. The smallest absolute Gasteiger partial charge is 0.236 e. The Morgan fingerprint density at radius 1 is 0.377 bits per heavy atom. The molecular weight excluding hydrogens is 649 g/mol. The molecule has 0 fully saturated rings. The molecule has 11 rings (SSSR count). The predicted molar refractivity (Wildman–Crippen MR) is 217 cm³/mol. The van der Waals surface area contributed by atoms with Crippen LogP contribution < -0.4 is 0 Å². The van der Waals surface area contributed by atoms with E-state index in [2.05, 4.69) is 173 Å².